The first-order valence-corrected chi connectivity index (χ1v) is 10.1. The van der Waals surface area contributed by atoms with Crippen molar-refractivity contribution in [1.82, 2.24) is 0 Å². The Kier molecular flexibility index (Phi) is 4.15. The van der Waals surface area contributed by atoms with Crippen molar-refractivity contribution in [2.24, 2.45) is 0 Å². The molecule has 144 valence electrons. The van der Waals surface area contributed by atoms with Crippen LogP contribution in [0.5, 0.6) is 11.5 Å². The maximum absolute atomic E-state index is 13.0. The van der Waals surface area contributed by atoms with E-state index in [1.165, 1.54) is 42.7 Å². The molecule has 2 aromatic rings. The average molecular weight is 375 g/mol. The number of hydrogen-bond acceptors (Lipinski definition) is 4. The number of carbonyl (C=O) groups excluding carboxylic acids is 1. The molecule has 0 fully saturated rings. The third-order valence-corrected chi connectivity index (χ3v) is 6.22. The lowest BCUT2D eigenvalue weighted by atomic mass is 9.89. The van der Waals surface area contributed by atoms with E-state index in [0.29, 0.717) is 17.9 Å². The number of rotatable bonds is 3. The third kappa shape index (κ3) is 2.70. The van der Waals surface area contributed by atoms with Gasteiger partial charge in [0.05, 0.1) is 14.2 Å². The van der Waals surface area contributed by atoms with Crippen LogP contribution in [0.15, 0.2) is 29.8 Å². The van der Waals surface area contributed by atoms with Gasteiger partial charge < -0.3 is 14.4 Å². The minimum Gasteiger partial charge on any atom is -0.493 e. The molecule has 0 unspecified atom stereocenters. The van der Waals surface area contributed by atoms with Crippen LogP contribution in [-0.2, 0) is 19.3 Å². The van der Waals surface area contributed by atoms with Gasteiger partial charge >= 0.3 is 0 Å². The maximum atomic E-state index is 13.0. The van der Waals surface area contributed by atoms with Crippen LogP contribution >= 0.6 is 0 Å². The van der Waals surface area contributed by atoms with E-state index in [2.05, 4.69) is 23.1 Å². The second-order valence-electron chi connectivity index (χ2n) is 7.92. The molecule has 3 aliphatic rings. The van der Waals surface area contributed by atoms with Crippen molar-refractivity contribution >= 4 is 17.5 Å². The van der Waals surface area contributed by atoms with E-state index in [4.69, 9.17) is 9.47 Å². The summed E-state index contributed by atoms with van der Waals surface area (Å²) in [5.41, 5.74) is 8.11. The van der Waals surface area contributed by atoms with Crippen molar-refractivity contribution in [3.63, 3.8) is 0 Å². The molecule has 0 aromatic heterocycles. The Morgan fingerprint density at radius 2 is 1.54 bits per heavy atom. The summed E-state index contributed by atoms with van der Waals surface area (Å²) in [6.07, 6.45) is 7.45. The lowest BCUT2D eigenvalue weighted by Gasteiger charge is -2.37. The number of methoxy groups -OCH3 is 2. The molecule has 0 radical (unpaired) electrons. The summed E-state index contributed by atoms with van der Waals surface area (Å²) in [7, 11) is 3.22. The van der Waals surface area contributed by atoms with Crippen LogP contribution in [0.2, 0.25) is 0 Å². The van der Waals surface area contributed by atoms with Gasteiger partial charge in [0.2, 0.25) is 0 Å². The van der Waals surface area contributed by atoms with Crippen LogP contribution in [0, 0.1) is 0 Å². The van der Waals surface area contributed by atoms with Crippen molar-refractivity contribution in [3.8, 4) is 11.5 Å². The minimum atomic E-state index is 0.101. The molecule has 0 amide bonds. The first-order valence-electron chi connectivity index (χ1n) is 10.1. The molecule has 1 aliphatic carbocycles. The number of carbonyl (C=O) groups is 1. The monoisotopic (exact) mass is 375 g/mol. The van der Waals surface area contributed by atoms with Crippen LogP contribution in [0.3, 0.4) is 0 Å². The van der Waals surface area contributed by atoms with Gasteiger partial charge in [-0.3, -0.25) is 4.79 Å². The molecule has 2 aliphatic heterocycles. The minimum absolute atomic E-state index is 0.101. The highest BCUT2D eigenvalue weighted by atomic mass is 16.5. The summed E-state index contributed by atoms with van der Waals surface area (Å²) in [5.74, 6) is 1.38. The van der Waals surface area contributed by atoms with Crippen LogP contribution in [-0.4, -0.2) is 33.1 Å². The normalized spacial score (nSPS) is 18.9. The molecule has 0 N–H and O–H groups in total. The van der Waals surface area contributed by atoms with E-state index in [1.807, 2.05) is 12.1 Å². The van der Waals surface area contributed by atoms with Crippen molar-refractivity contribution < 1.29 is 14.3 Å². The number of nitrogens with zero attached hydrogens (tertiary/aromatic N) is 1. The summed E-state index contributed by atoms with van der Waals surface area (Å²) in [5, 5.41) is 0. The van der Waals surface area contributed by atoms with Gasteiger partial charge in [0.25, 0.3) is 0 Å². The predicted octanol–water partition coefficient (Wildman–Crippen LogP) is 4.23. The van der Waals surface area contributed by atoms with Crippen LogP contribution in [0.1, 0.15) is 45.5 Å². The summed E-state index contributed by atoms with van der Waals surface area (Å²) in [4.78, 5) is 15.5. The molecular formula is C24H25NO3. The topological polar surface area (TPSA) is 38.8 Å². The van der Waals surface area contributed by atoms with Gasteiger partial charge in [-0.15, -0.1) is 0 Å². The second kappa shape index (κ2) is 6.69. The Bertz CT molecular complexity index is 974. The van der Waals surface area contributed by atoms with E-state index in [0.717, 1.165) is 35.1 Å². The Morgan fingerprint density at radius 1 is 0.893 bits per heavy atom. The summed E-state index contributed by atoms with van der Waals surface area (Å²) in [6.45, 7) is 2.36. The molecule has 5 rings (SSSR count). The highest BCUT2D eigenvalue weighted by molar-refractivity contribution is 6.16. The Morgan fingerprint density at radius 3 is 2.18 bits per heavy atom. The zero-order valence-corrected chi connectivity index (χ0v) is 16.5. The van der Waals surface area contributed by atoms with Gasteiger partial charge in [0.15, 0.2) is 17.3 Å². The number of ketones is 1. The quantitative estimate of drug-likeness (QED) is 0.753. The SMILES string of the molecule is COc1cc2c(cc1OC)C(=O)C(=Cc1cc3c4c(c1)CCCN4CCC3)C2. The van der Waals surface area contributed by atoms with Crippen molar-refractivity contribution in [1.29, 1.82) is 0 Å². The van der Waals surface area contributed by atoms with Gasteiger partial charge in [0.1, 0.15) is 0 Å². The zero-order valence-electron chi connectivity index (χ0n) is 16.5. The first kappa shape index (κ1) is 17.4. The highest BCUT2D eigenvalue weighted by Crippen LogP contribution is 2.39. The van der Waals surface area contributed by atoms with E-state index >= 15 is 0 Å². The molecule has 0 saturated carbocycles. The van der Waals surface area contributed by atoms with Crippen LogP contribution in [0.4, 0.5) is 5.69 Å². The average Bonchev–Trinajstić information content (AvgIpc) is 3.02. The van der Waals surface area contributed by atoms with E-state index < -0.39 is 0 Å². The first-order chi connectivity index (χ1) is 13.7. The van der Waals surface area contributed by atoms with E-state index in [-0.39, 0.29) is 5.78 Å². The van der Waals surface area contributed by atoms with Gasteiger partial charge in [-0.25, -0.2) is 0 Å². The standard InChI is InChI=1S/C24H25NO3/c1-27-21-13-18-12-19(24(26)20(18)14-22(21)28-2)11-15-9-16-5-3-7-25-8-4-6-17(10-15)23(16)25/h9-11,13-14H,3-8,12H2,1-2H3. The predicted molar refractivity (Wildman–Crippen MR) is 111 cm³/mol. The number of ether oxygens (including phenoxy) is 2. The number of fused-ring (bicyclic) bond motifs is 1. The third-order valence-electron chi connectivity index (χ3n) is 6.22. The summed E-state index contributed by atoms with van der Waals surface area (Å²) in [6, 6.07) is 8.33. The Balaban J connectivity index is 1.53. The van der Waals surface area contributed by atoms with Crippen molar-refractivity contribution in [3.05, 3.63) is 57.7 Å². The number of aryl methyl sites for hydroxylation is 2. The lowest BCUT2D eigenvalue weighted by Crippen LogP contribution is -2.34. The molecule has 0 saturated heterocycles. The lowest BCUT2D eigenvalue weighted by molar-refractivity contribution is 0.104. The number of Topliss-reactive ketones (excluding diaryl/α,β-unsaturated/α-hetero) is 1. The number of benzene rings is 2. The number of anilines is 1. The largest absolute Gasteiger partial charge is 0.493 e. The van der Waals surface area contributed by atoms with Gasteiger partial charge in [-0.05, 0) is 78.3 Å². The van der Waals surface area contributed by atoms with E-state index in [1.54, 1.807) is 14.2 Å². The van der Waals surface area contributed by atoms with Gasteiger partial charge in [0, 0.05) is 36.3 Å². The molecule has 2 aromatic carbocycles. The molecular weight excluding hydrogens is 350 g/mol. The molecule has 0 spiro atoms. The van der Waals surface area contributed by atoms with Crippen molar-refractivity contribution in [2.75, 3.05) is 32.2 Å². The van der Waals surface area contributed by atoms with Gasteiger partial charge in [-0.1, -0.05) is 0 Å². The number of hydrogen-bond donors (Lipinski definition) is 0. The fourth-order valence-corrected chi connectivity index (χ4v) is 4.97. The van der Waals surface area contributed by atoms with Crippen molar-refractivity contribution in [2.45, 2.75) is 32.1 Å². The molecule has 4 nitrogen and oxygen atoms in total. The maximum Gasteiger partial charge on any atom is 0.189 e. The summed E-state index contributed by atoms with van der Waals surface area (Å²) < 4.78 is 10.8. The Labute approximate surface area is 165 Å². The number of allylic oxidation sites excluding steroid dienone is 1. The zero-order chi connectivity index (χ0) is 19.3. The highest BCUT2D eigenvalue weighted by Gasteiger charge is 2.28. The fourth-order valence-electron chi connectivity index (χ4n) is 4.97. The molecule has 0 bridgehead atoms. The van der Waals surface area contributed by atoms with Crippen LogP contribution < -0.4 is 14.4 Å². The molecule has 4 heteroatoms. The molecule has 0 atom stereocenters. The second-order valence-corrected chi connectivity index (χ2v) is 7.92. The fraction of sp³-hybridized carbons (Fsp3) is 0.375. The van der Waals surface area contributed by atoms with Gasteiger partial charge in [-0.2, -0.15) is 0 Å². The summed E-state index contributed by atoms with van der Waals surface area (Å²) >= 11 is 0. The molecule has 2 heterocycles. The van der Waals surface area contributed by atoms with Crippen LogP contribution in [0.25, 0.3) is 6.08 Å². The Hall–Kier alpha value is -2.75. The van der Waals surface area contributed by atoms with E-state index in [9.17, 15) is 4.79 Å². The molecule has 28 heavy (non-hydrogen) atoms. The smallest absolute Gasteiger partial charge is 0.189 e.